The molecule has 0 N–H and O–H groups in total. The maximum atomic E-state index is 13.6. The minimum atomic E-state index is -1.44. The Morgan fingerprint density at radius 1 is 1.06 bits per heavy atom. The third kappa shape index (κ3) is 1.65. The fraction of sp³-hybridized carbons (Fsp3) is 0.0769. The van der Waals surface area contributed by atoms with Gasteiger partial charge < -0.3 is 0 Å². The lowest BCUT2D eigenvalue weighted by Gasteiger charge is -2.15. The number of anilines is 1. The van der Waals surface area contributed by atoms with Gasteiger partial charge in [-0.1, -0.05) is 30.3 Å². The van der Waals surface area contributed by atoms with Gasteiger partial charge in [0.15, 0.2) is 11.0 Å². The van der Waals surface area contributed by atoms with Gasteiger partial charge in [-0.15, -0.1) is 0 Å². The number of hydrogen-bond acceptors (Lipinski definition) is 1. The van der Waals surface area contributed by atoms with Crippen LogP contribution in [0, 0.1) is 5.82 Å². The molecule has 0 aliphatic carbocycles. The van der Waals surface area contributed by atoms with Gasteiger partial charge in [-0.2, -0.15) is 0 Å². The van der Waals surface area contributed by atoms with Gasteiger partial charge in [-0.25, -0.2) is 8.60 Å². The van der Waals surface area contributed by atoms with Crippen molar-refractivity contribution in [1.29, 1.82) is 0 Å². The van der Waals surface area contributed by atoms with E-state index in [-0.39, 0.29) is 5.82 Å². The van der Waals surface area contributed by atoms with E-state index in [1.54, 1.807) is 10.4 Å². The monoisotopic (exact) mass is 247 g/mol. The largest absolute Gasteiger partial charge is 0.283 e. The van der Waals surface area contributed by atoms with Gasteiger partial charge in [-0.05, 0) is 23.8 Å². The number of hydrogen-bond donors (Lipinski definition) is 0. The summed E-state index contributed by atoms with van der Waals surface area (Å²) in [7, 11) is -1.44. The van der Waals surface area contributed by atoms with Gasteiger partial charge >= 0.3 is 0 Å². The molecular weight excluding hydrogens is 237 g/mol. The van der Waals surface area contributed by atoms with Gasteiger partial charge in [0.05, 0.1) is 6.54 Å². The van der Waals surface area contributed by atoms with Crippen LogP contribution in [0.3, 0.4) is 0 Å². The maximum Gasteiger partial charge on any atom is 0.156 e. The topological polar surface area (TPSA) is 20.3 Å². The van der Waals surface area contributed by atoms with Crippen molar-refractivity contribution in [2.24, 2.45) is 0 Å². The van der Waals surface area contributed by atoms with Crippen molar-refractivity contribution in [3.8, 4) is 0 Å². The zero-order chi connectivity index (χ0) is 11.8. The van der Waals surface area contributed by atoms with Crippen LogP contribution in [0.4, 0.5) is 10.1 Å². The maximum absolute atomic E-state index is 13.6. The van der Waals surface area contributed by atoms with Crippen molar-refractivity contribution in [2.75, 3.05) is 4.31 Å². The second-order valence-corrected chi connectivity index (χ2v) is 5.20. The fourth-order valence-electron chi connectivity index (χ4n) is 1.98. The molecule has 4 heteroatoms. The molecule has 1 atom stereocenters. The van der Waals surface area contributed by atoms with Crippen molar-refractivity contribution in [3.05, 3.63) is 59.9 Å². The molecule has 1 unspecified atom stereocenters. The lowest BCUT2D eigenvalue weighted by atomic mass is 10.2. The van der Waals surface area contributed by atoms with Crippen LogP contribution in [-0.2, 0) is 17.5 Å². The molecule has 0 saturated heterocycles. The Bertz CT molecular complexity index is 585. The summed E-state index contributed by atoms with van der Waals surface area (Å²) in [6, 6.07) is 14.2. The Hall–Kier alpha value is -1.68. The molecular formula is C13H10FNOS. The van der Waals surface area contributed by atoms with E-state index in [1.165, 1.54) is 6.07 Å². The predicted molar refractivity (Wildman–Crippen MR) is 65.4 cm³/mol. The smallest absolute Gasteiger partial charge is 0.156 e. The molecule has 0 fully saturated rings. The zero-order valence-electron chi connectivity index (χ0n) is 8.97. The summed E-state index contributed by atoms with van der Waals surface area (Å²) in [5.41, 5.74) is 1.65. The van der Waals surface area contributed by atoms with Crippen molar-refractivity contribution in [1.82, 2.24) is 0 Å². The molecule has 1 heterocycles. The Morgan fingerprint density at radius 3 is 2.53 bits per heavy atom. The first-order valence-electron chi connectivity index (χ1n) is 5.29. The van der Waals surface area contributed by atoms with E-state index in [0.717, 1.165) is 11.3 Å². The molecule has 0 bridgehead atoms. The Balaban J connectivity index is 2.06. The summed E-state index contributed by atoms with van der Waals surface area (Å²) >= 11 is 0. The third-order valence-electron chi connectivity index (χ3n) is 2.78. The summed E-state index contributed by atoms with van der Waals surface area (Å²) in [6.45, 7) is 0.490. The number of halogens is 1. The molecule has 2 aromatic carbocycles. The molecule has 2 aromatic rings. The summed E-state index contributed by atoms with van der Waals surface area (Å²) in [5, 5.41) is 0. The van der Waals surface area contributed by atoms with Crippen molar-refractivity contribution in [2.45, 2.75) is 11.4 Å². The molecule has 0 aromatic heterocycles. The highest BCUT2D eigenvalue weighted by Crippen LogP contribution is 2.32. The van der Waals surface area contributed by atoms with Crippen LogP contribution in [0.2, 0.25) is 0 Å². The fourth-order valence-corrected chi connectivity index (χ4v) is 3.36. The van der Waals surface area contributed by atoms with Crippen LogP contribution in [0.5, 0.6) is 0 Å². The van der Waals surface area contributed by atoms with E-state index >= 15 is 0 Å². The van der Waals surface area contributed by atoms with Crippen molar-refractivity contribution < 1.29 is 8.60 Å². The summed E-state index contributed by atoms with van der Waals surface area (Å²) in [4.78, 5) is 0.316. The Labute approximate surface area is 101 Å². The van der Waals surface area contributed by atoms with Gasteiger partial charge in [0.2, 0.25) is 0 Å². The molecule has 0 radical (unpaired) electrons. The van der Waals surface area contributed by atoms with E-state index in [0.29, 0.717) is 11.4 Å². The number of para-hydroxylation sites is 1. The standard InChI is InChI=1S/C13H10FNOS/c14-12-8-4-5-10-9-15(17(16)13(10)12)11-6-2-1-3-7-11/h1-8H,9H2. The normalized spacial score (nSPS) is 18.2. The van der Waals surface area contributed by atoms with Crippen molar-refractivity contribution >= 4 is 16.7 Å². The van der Waals surface area contributed by atoms with E-state index in [9.17, 15) is 8.60 Å². The molecule has 0 saturated carbocycles. The minimum Gasteiger partial charge on any atom is -0.283 e. The quantitative estimate of drug-likeness (QED) is 0.758. The van der Waals surface area contributed by atoms with Crippen molar-refractivity contribution in [3.63, 3.8) is 0 Å². The molecule has 0 amide bonds. The summed E-state index contributed by atoms with van der Waals surface area (Å²) in [6.07, 6.45) is 0. The number of fused-ring (bicyclic) bond motifs is 1. The van der Waals surface area contributed by atoms with Gasteiger partial charge in [0, 0.05) is 5.69 Å². The van der Waals surface area contributed by atoms with Crippen LogP contribution >= 0.6 is 0 Å². The van der Waals surface area contributed by atoms with Crippen LogP contribution < -0.4 is 4.31 Å². The number of rotatable bonds is 1. The molecule has 2 nitrogen and oxygen atoms in total. The van der Waals surface area contributed by atoms with E-state index in [4.69, 9.17) is 0 Å². The molecule has 3 rings (SSSR count). The minimum absolute atomic E-state index is 0.316. The molecule has 0 spiro atoms. The van der Waals surface area contributed by atoms with Gasteiger partial charge in [0.25, 0.3) is 0 Å². The second-order valence-electron chi connectivity index (χ2n) is 3.85. The SMILES string of the molecule is O=S1c2c(F)cccc2CN1c1ccccc1. The lowest BCUT2D eigenvalue weighted by Crippen LogP contribution is -2.17. The van der Waals surface area contributed by atoms with Gasteiger partial charge in [-0.3, -0.25) is 4.31 Å². The van der Waals surface area contributed by atoms with E-state index in [1.807, 2.05) is 36.4 Å². The van der Waals surface area contributed by atoms with E-state index < -0.39 is 11.0 Å². The summed E-state index contributed by atoms with van der Waals surface area (Å²) < 4.78 is 27.5. The highest BCUT2D eigenvalue weighted by Gasteiger charge is 2.29. The van der Waals surface area contributed by atoms with Crippen LogP contribution in [0.1, 0.15) is 5.56 Å². The number of benzene rings is 2. The zero-order valence-corrected chi connectivity index (χ0v) is 9.78. The highest BCUT2D eigenvalue weighted by molar-refractivity contribution is 7.86. The Kier molecular flexibility index (Phi) is 2.44. The van der Waals surface area contributed by atoms with Crippen LogP contribution in [0.25, 0.3) is 0 Å². The molecule has 1 aliphatic heterocycles. The third-order valence-corrected chi connectivity index (χ3v) is 4.33. The average molecular weight is 247 g/mol. The van der Waals surface area contributed by atoms with Crippen LogP contribution in [-0.4, -0.2) is 4.21 Å². The molecule has 86 valence electrons. The van der Waals surface area contributed by atoms with E-state index in [2.05, 4.69) is 0 Å². The Morgan fingerprint density at radius 2 is 1.82 bits per heavy atom. The first kappa shape index (κ1) is 10.5. The molecule has 17 heavy (non-hydrogen) atoms. The van der Waals surface area contributed by atoms with Gasteiger partial charge in [0.1, 0.15) is 10.7 Å². The summed E-state index contributed by atoms with van der Waals surface area (Å²) in [5.74, 6) is -0.390. The second kappa shape index (κ2) is 3.96. The first-order chi connectivity index (χ1) is 8.27. The van der Waals surface area contributed by atoms with Crippen LogP contribution in [0.15, 0.2) is 53.4 Å². The number of nitrogens with zero attached hydrogens (tertiary/aromatic N) is 1. The lowest BCUT2D eigenvalue weighted by molar-refractivity contribution is 0.595. The average Bonchev–Trinajstić information content (AvgIpc) is 2.69. The predicted octanol–water partition coefficient (Wildman–Crippen LogP) is 2.87. The highest BCUT2D eigenvalue weighted by atomic mass is 32.2. The molecule has 1 aliphatic rings. The first-order valence-corrected chi connectivity index (χ1v) is 6.40.